The Morgan fingerprint density at radius 3 is 2.77 bits per heavy atom. The number of hydrogen-bond acceptors (Lipinski definition) is 1. The number of unbranched alkanes of at least 4 members (excludes halogenated alkanes) is 1. The predicted octanol–water partition coefficient (Wildman–Crippen LogP) is 2.79. The highest BCUT2D eigenvalue weighted by Crippen LogP contribution is 2.16. The Hall–Kier alpha value is -0.600. The molecule has 0 radical (unpaired) electrons. The van der Waals surface area contributed by atoms with Crippen LogP contribution in [-0.4, -0.2) is 11.7 Å². The van der Waals surface area contributed by atoms with Gasteiger partial charge in [-0.15, -0.1) is 0 Å². The second-order valence-electron chi connectivity index (χ2n) is 2.92. The molecule has 0 saturated carbocycles. The van der Waals surface area contributed by atoms with Gasteiger partial charge in [0.1, 0.15) is 5.82 Å². The van der Waals surface area contributed by atoms with E-state index in [2.05, 4.69) is 0 Å². The summed E-state index contributed by atoms with van der Waals surface area (Å²) < 4.78 is 13.1. The van der Waals surface area contributed by atoms with E-state index in [1.165, 1.54) is 12.1 Å². The van der Waals surface area contributed by atoms with Crippen molar-refractivity contribution in [3.05, 3.63) is 34.6 Å². The molecule has 1 rings (SSSR count). The van der Waals surface area contributed by atoms with Gasteiger partial charge in [0.25, 0.3) is 0 Å². The minimum atomic E-state index is -0.220. The number of hydrogen-bond donors (Lipinski definition) is 1. The Labute approximate surface area is 82.2 Å². The monoisotopic (exact) mass is 202 g/mol. The van der Waals surface area contributed by atoms with Gasteiger partial charge in [-0.25, -0.2) is 4.39 Å². The van der Waals surface area contributed by atoms with Gasteiger partial charge in [0, 0.05) is 11.6 Å². The van der Waals surface area contributed by atoms with Gasteiger partial charge < -0.3 is 5.11 Å². The summed E-state index contributed by atoms with van der Waals surface area (Å²) in [7, 11) is 0. The van der Waals surface area contributed by atoms with E-state index in [1.807, 2.05) is 0 Å². The Kier molecular flexibility index (Phi) is 4.19. The second-order valence-corrected chi connectivity index (χ2v) is 3.35. The molecule has 1 N–H and O–H groups in total. The van der Waals surface area contributed by atoms with Crippen molar-refractivity contribution in [3.8, 4) is 0 Å². The highest BCUT2D eigenvalue weighted by molar-refractivity contribution is 6.30. The molecule has 1 aromatic carbocycles. The van der Waals surface area contributed by atoms with E-state index in [0.717, 1.165) is 6.42 Å². The molecule has 0 saturated heterocycles. The van der Waals surface area contributed by atoms with Gasteiger partial charge in [0.05, 0.1) is 0 Å². The van der Waals surface area contributed by atoms with Crippen molar-refractivity contribution in [2.45, 2.75) is 19.3 Å². The van der Waals surface area contributed by atoms with Crippen molar-refractivity contribution in [3.63, 3.8) is 0 Å². The zero-order chi connectivity index (χ0) is 9.68. The fraction of sp³-hybridized carbons (Fsp3) is 0.400. The Morgan fingerprint density at radius 1 is 1.31 bits per heavy atom. The van der Waals surface area contributed by atoms with Crippen LogP contribution >= 0.6 is 11.6 Å². The molecule has 13 heavy (non-hydrogen) atoms. The first kappa shape index (κ1) is 10.5. The minimum absolute atomic E-state index is 0.155. The van der Waals surface area contributed by atoms with Crippen molar-refractivity contribution in [2.24, 2.45) is 0 Å². The summed E-state index contributed by atoms with van der Waals surface area (Å²) in [5.74, 6) is -0.220. The SMILES string of the molecule is OCCCCc1cc(Cl)ccc1F. The van der Waals surface area contributed by atoms with Gasteiger partial charge >= 0.3 is 0 Å². The molecule has 72 valence electrons. The summed E-state index contributed by atoms with van der Waals surface area (Å²) in [6, 6.07) is 4.54. The zero-order valence-corrected chi connectivity index (χ0v) is 8.02. The van der Waals surface area contributed by atoms with Crippen LogP contribution in [0.2, 0.25) is 5.02 Å². The second kappa shape index (κ2) is 5.20. The van der Waals surface area contributed by atoms with Crippen LogP contribution in [0, 0.1) is 5.82 Å². The van der Waals surface area contributed by atoms with Crippen LogP contribution in [0.3, 0.4) is 0 Å². The molecule has 1 nitrogen and oxygen atoms in total. The van der Waals surface area contributed by atoms with Crippen LogP contribution in [0.4, 0.5) is 4.39 Å². The van der Waals surface area contributed by atoms with Crippen LogP contribution in [0.1, 0.15) is 18.4 Å². The number of rotatable bonds is 4. The molecule has 0 unspecified atom stereocenters. The van der Waals surface area contributed by atoms with Crippen molar-refractivity contribution in [1.29, 1.82) is 0 Å². The van der Waals surface area contributed by atoms with E-state index in [9.17, 15) is 4.39 Å². The number of aryl methyl sites for hydroxylation is 1. The molecule has 0 aliphatic carbocycles. The summed E-state index contributed by atoms with van der Waals surface area (Å²) in [5, 5.41) is 9.10. The maximum atomic E-state index is 13.1. The third-order valence-electron chi connectivity index (χ3n) is 1.86. The van der Waals surface area contributed by atoms with Crippen LogP contribution in [-0.2, 0) is 6.42 Å². The van der Waals surface area contributed by atoms with Crippen LogP contribution in [0.25, 0.3) is 0 Å². The van der Waals surface area contributed by atoms with Gasteiger partial charge in [0.15, 0.2) is 0 Å². The largest absolute Gasteiger partial charge is 0.396 e. The molecular formula is C10H12ClFO. The fourth-order valence-corrected chi connectivity index (χ4v) is 1.36. The average Bonchev–Trinajstić information content (AvgIpc) is 2.11. The summed E-state index contributed by atoms with van der Waals surface area (Å²) in [4.78, 5) is 0. The maximum absolute atomic E-state index is 13.1. The molecule has 3 heteroatoms. The predicted molar refractivity (Wildman–Crippen MR) is 51.4 cm³/mol. The van der Waals surface area contributed by atoms with E-state index in [0.29, 0.717) is 23.4 Å². The smallest absolute Gasteiger partial charge is 0.126 e. The molecule has 0 fully saturated rings. The molecule has 0 heterocycles. The van der Waals surface area contributed by atoms with E-state index in [1.54, 1.807) is 6.07 Å². The first-order valence-electron chi connectivity index (χ1n) is 4.29. The Morgan fingerprint density at radius 2 is 2.08 bits per heavy atom. The van der Waals surface area contributed by atoms with Crippen molar-refractivity contribution in [1.82, 2.24) is 0 Å². The standard InChI is InChI=1S/C10H12ClFO/c11-9-4-5-10(12)8(7-9)3-1-2-6-13/h4-5,7,13H,1-3,6H2. The number of benzene rings is 1. The average molecular weight is 203 g/mol. The van der Waals surface area contributed by atoms with E-state index < -0.39 is 0 Å². The number of halogens is 2. The minimum Gasteiger partial charge on any atom is -0.396 e. The molecule has 0 bridgehead atoms. The molecule has 1 aromatic rings. The normalized spacial score (nSPS) is 10.4. The van der Waals surface area contributed by atoms with E-state index >= 15 is 0 Å². The highest BCUT2D eigenvalue weighted by atomic mass is 35.5. The van der Waals surface area contributed by atoms with E-state index in [4.69, 9.17) is 16.7 Å². The fourth-order valence-electron chi connectivity index (χ4n) is 1.16. The summed E-state index contributed by atoms with van der Waals surface area (Å²) >= 11 is 5.71. The quantitative estimate of drug-likeness (QED) is 0.745. The van der Waals surface area contributed by atoms with Crippen LogP contribution < -0.4 is 0 Å². The zero-order valence-electron chi connectivity index (χ0n) is 7.26. The van der Waals surface area contributed by atoms with Gasteiger partial charge in [0.2, 0.25) is 0 Å². The molecule has 0 aliphatic rings. The van der Waals surface area contributed by atoms with Crippen molar-refractivity contribution in [2.75, 3.05) is 6.61 Å². The molecule has 0 spiro atoms. The number of aliphatic hydroxyl groups is 1. The number of aliphatic hydroxyl groups excluding tert-OH is 1. The lowest BCUT2D eigenvalue weighted by Crippen LogP contribution is -1.92. The first-order chi connectivity index (χ1) is 6.24. The summed E-state index contributed by atoms with van der Waals surface area (Å²) in [6.07, 6.45) is 2.12. The Balaban J connectivity index is 2.59. The maximum Gasteiger partial charge on any atom is 0.126 e. The highest BCUT2D eigenvalue weighted by Gasteiger charge is 2.01. The van der Waals surface area contributed by atoms with E-state index in [-0.39, 0.29) is 12.4 Å². The topological polar surface area (TPSA) is 20.2 Å². The van der Waals surface area contributed by atoms with Gasteiger partial charge in [-0.3, -0.25) is 0 Å². The van der Waals surface area contributed by atoms with Gasteiger partial charge in [-0.1, -0.05) is 11.6 Å². The first-order valence-corrected chi connectivity index (χ1v) is 4.66. The molecule has 0 aromatic heterocycles. The van der Waals surface area contributed by atoms with Gasteiger partial charge in [-0.05, 0) is 43.0 Å². The van der Waals surface area contributed by atoms with Crippen molar-refractivity contribution < 1.29 is 9.50 Å². The molecule has 0 aliphatic heterocycles. The molecule has 0 atom stereocenters. The third-order valence-corrected chi connectivity index (χ3v) is 2.10. The Bertz CT molecular complexity index is 276. The van der Waals surface area contributed by atoms with Crippen molar-refractivity contribution >= 4 is 11.6 Å². The van der Waals surface area contributed by atoms with Gasteiger partial charge in [-0.2, -0.15) is 0 Å². The van der Waals surface area contributed by atoms with Crippen LogP contribution in [0.5, 0.6) is 0 Å². The molecular weight excluding hydrogens is 191 g/mol. The lowest BCUT2D eigenvalue weighted by atomic mass is 10.1. The summed E-state index contributed by atoms with van der Waals surface area (Å²) in [6.45, 7) is 0.155. The summed E-state index contributed by atoms with van der Waals surface area (Å²) in [5.41, 5.74) is 0.626. The lowest BCUT2D eigenvalue weighted by molar-refractivity contribution is 0.284. The third kappa shape index (κ3) is 3.33. The molecule has 0 amide bonds. The lowest BCUT2D eigenvalue weighted by Gasteiger charge is -2.02. The van der Waals surface area contributed by atoms with Crippen LogP contribution in [0.15, 0.2) is 18.2 Å².